The molecule has 2 N–H and O–H groups in total. The Morgan fingerprint density at radius 2 is 1.92 bits per heavy atom. The molecule has 2 saturated carbocycles. The molecule has 5 aliphatic rings. The maximum atomic E-state index is 17.2. The largest absolute Gasteiger partial charge is 0.391 e. The van der Waals surface area contributed by atoms with Crippen LogP contribution in [0.2, 0.25) is 0 Å². The first-order valence-electron chi connectivity index (χ1n) is 13.5. The van der Waals surface area contributed by atoms with Gasteiger partial charge in [-0.25, -0.2) is 13.8 Å². The molecular formula is C29H37F2N3O2. The quantitative estimate of drug-likeness (QED) is 0.594. The summed E-state index contributed by atoms with van der Waals surface area (Å²) in [6.07, 6.45) is 4.44. The number of rotatable bonds is 2. The van der Waals surface area contributed by atoms with Gasteiger partial charge in [0.2, 0.25) is 0 Å². The average molecular weight is 498 g/mol. The number of halogens is 2. The molecule has 5 nitrogen and oxygen atoms in total. The second-order valence-corrected chi connectivity index (χ2v) is 13.0. The molecule has 3 aliphatic carbocycles. The summed E-state index contributed by atoms with van der Waals surface area (Å²) in [6, 6.07) is 6.16. The van der Waals surface area contributed by atoms with Gasteiger partial charge in [0, 0.05) is 24.8 Å². The predicted octanol–water partition coefficient (Wildman–Crippen LogP) is 5.27. The molecule has 0 radical (unpaired) electrons. The fourth-order valence-corrected chi connectivity index (χ4v) is 9.28. The van der Waals surface area contributed by atoms with Crippen LogP contribution in [0.25, 0.3) is 16.6 Å². The van der Waals surface area contributed by atoms with Gasteiger partial charge in [0.1, 0.15) is 28.4 Å². The Kier molecular flexibility index (Phi) is 4.51. The Labute approximate surface area is 211 Å². The highest BCUT2D eigenvalue weighted by Gasteiger charge is 2.80. The van der Waals surface area contributed by atoms with Crippen LogP contribution in [0.4, 0.5) is 8.78 Å². The van der Waals surface area contributed by atoms with Crippen LogP contribution in [0, 0.1) is 18.3 Å². The van der Waals surface area contributed by atoms with Crippen molar-refractivity contribution in [3.05, 3.63) is 35.7 Å². The number of aliphatic hydroxyl groups is 1. The fraction of sp³-hybridized carbons (Fsp3) is 0.690. The molecule has 7 heteroatoms. The number of aliphatic hydroxyl groups excluding tert-OH is 1. The van der Waals surface area contributed by atoms with E-state index < -0.39 is 28.6 Å². The lowest BCUT2D eigenvalue weighted by molar-refractivity contribution is -0.327. The average Bonchev–Trinajstić information content (AvgIpc) is 3.46. The number of aryl methyl sites for hydroxylation is 1. The highest BCUT2D eigenvalue weighted by Crippen LogP contribution is 2.74. The van der Waals surface area contributed by atoms with Gasteiger partial charge in [0.05, 0.1) is 17.1 Å². The van der Waals surface area contributed by atoms with Crippen molar-refractivity contribution in [1.82, 2.24) is 14.9 Å². The molecule has 7 rings (SSSR count). The first-order chi connectivity index (χ1) is 16.9. The van der Waals surface area contributed by atoms with Crippen molar-refractivity contribution in [2.75, 3.05) is 14.1 Å². The van der Waals surface area contributed by atoms with Gasteiger partial charge in [0.25, 0.3) is 0 Å². The number of hydrogen-bond donors (Lipinski definition) is 2. The van der Waals surface area contributed by atoms with Crippen molar-refractivity contribution in [2.45, 2.75) is 99.9 Å². The van der Waals surface area contributed by atoms with Crippen LogP contribution in [0.3, 0.4) is 0 Å². The van der Waals surface area contributed by atoms with Crippen LogP contribution in [-0.4, -0.2) is 68.8 Å². The van der Waals surface area contributed by atoms with Gasteiger partial charge in [-0.15, -0.1) is 0 Å². The number of H-pyrrole nitrogens is 1. The van der Waals surface area contributed by atoms with Crippen LogP contribution in [0.1, 0.15) is 69.7 Å². The topological polar surface area (TPSA) is 61.4 Å². The van der Waals surface area contributed by atoms with E-state index in [0.717, 1.165) is 28.8 Å². The molecule has 2 spiro atoms. The van der Waals surface area contributed by atoms with Crippen LogP contribution < -0.4 is 0 Å². The molecule has 1 aromatic heterocycles. The zero-order chi connectivity index (χ0) is 25.3. The zero-order valence-corrected chi connectivity index (χ0v) is 21.7. The minimum Gasteiger partial charge on any atom is -0.391 e. The molecule has 2 bridgehead atoms. The van der Waals surface area contributed by atoms with Crippen LogP contribution in [-0.2, 0) is 4.74 Å². The van der Waals surface area contributed by atoms with Gasteiger partial charge in [0.15, 0.2) is 0 Å². The summed E-state index contributed by atoms with van der Waals surface area (Å²) in [5, 5.41) is 10.8. The van der Waals surface area contributed by atoms with Gasteiger partial charge in [-0.2, -0.15) is 0 Å². The van der Waals surface area contributed by atoms with E-state index in [2.05, 4.69) is 41.2 Å². The Balaban J connectivity index is 1.28. The molecule has 2 aromatic rings. The third-order valence-electron chi connectivity index (χ3n) is 11.0. The molecule has 1 aromatic carbocycles. The predicted molar refractivity (Wildman–Crippen MR) is 135 cm³/mol. The van der Waals surface area contributed by atoms with Crippen LogP contribution in [0.15, 0.2) is 24.3 Å². The summed E-state index contributed by atoms with van der Waals surface area (Å²) in [5.41, 5.74) is -1.44. The number of benzene rings is 1. The van der Waals surface area contributed by atoms with Crippen molar-refractivity contribution >= 4 is 16.6 Å². The van der Waals surface area contributed by atoms with Gasteiger partial charge in [-0.1, -0.05) is 19.1 Å². The van der Waals surface area contributed by atoms with Crippen molar-refractivity contribution in [2.24, 2.45) is 11.3 Å². The third-order valence-corrected chi connectivity index (χ3v) is 11.0. The summed E-state index contributed by atoms with van der Waals surface area (Å²) < 4.78 is 40.8. The number of nitrogens with zero attached hydrogens (tertiary/aromatic N) is 2. The van der Waals surface area contributed by atoms with Crippen molar-refractivity contribution < 1.29 is 18.6 Å². The van der Waals surface area contributed by atoms with E-state index in [0.29, 0.717) is 25.7 Å². The van der Waals surface area contributed by atoms with E-state index in [1.807, 2.05) is 25.9 Å². The second-order valence-electron chi connectivity index (χ2n) is 13.0. The molecule has 5 unspecified atom stereocenters. The first-order valence-corrected chi connectivity index (χ1v) is 13.5. The summed E-state index contributed by atoms with van der Waals surface area (Å²) in [4.78, 5) is 9.86. The van der Waals surface area contributed by atoms with E-state index in [1.54, 1.807) is 0 Å². The summed E-state index contributed by atoms with van der Waals surface area (Å²) in [7, 11) is 3.84. The van der Waals surface area contributed by atoms with Gasteiger partial charge in [-0.3, -0.25) is 0 Å². The Hall–Kier alpha value is -1.83. The summed E-state index contributed by atoms with van der Waals surface area (Å²) in [5.74, 6) is 0.854. The zero-order valence-electron chi connectivity index (χ0n) is 21.7. The number of likely N-dealkylation sites (N-methyl/N-ethyl adjacent to an activating group) is 1. The minimum atomic E-state index is -1.83. The van der Waals surface area contributed by atoms with E-state index in [1.165, 1.54) is 5.57 Å². The fourth-order valence-electron chi connectivity index (χ4n) is 9.28. The number of fused-ring (bicyclic) bond motifs is 2. The number of allylic oxidation sites excluding steroid dienone is 2. The number of aromatic amines is 1. The number of hydrogen-bond acceptors (Lipinski definition) is 4. The van der Waals surface area contributed by atoms with Crippen molar-refractivity contribution in [3.8, 4) is 0 Å². The Morgan fingerprint density at radius 3 is 2.69 bits per heavy atom. The van der Waals surface area contributed by atoms with Crippen molar-refractivity contribution in [1.29, 1.82) is 0 Å². The number of nitrogens with one attached hydrogen (secondary N) is 1. The first kappa shape index (κ1) is 23.3. The number of imidazole rings is 1. The smallest absolute Gasteiger partial charge is 0.145 e. The van der Waals surface area contributed by atoms with Gasteiger partial charge < -0.3 is 19.7 Å². The monoisotopic (exact) mass is 497 g/mol. The van der Waals surface area contributed by atoms with Crippen molar-refractivity contribution in [3.63, 3.8) is 0 Å². The van der Waals surface area contributed by atoms with Gasteiger partial charge >= 0.3 is 0 Å². The van der Waals surface area contributed by atoms with Crippen LogP contribution >= 0.6 is 0 Å². The van der Waals surface area contributed by atoms with Crippen LogP contribution in [0.5, 0.6) is 0 Å². The Bertz CT molecular complexity index is 1290. The summed E-state index contributed by atoms with van der Waals surface area (Å²) >= 11 is 0. The highest BCUT2D eigenvalue weighted by atomic mass is 19.2. The molecular weight excluding hydrogens is 460 g/mol. The molecule has 3 heterocycles. The van der Waals surface area contributed by atoms with E-state index >= 15 is 8.78 Å². The summed E-state index contributed by atoms with van der Waals surface area (Å²) in [6.45, 7) is 4.23. The lowest BCUT2D eigenvalue weighted by Crippen LogP contribution is -2.74. The SMILES string of the molecule is Cc1nc2ccc(C3=CCC4C3(C)CCC3(F)CC5(F)CC(O)[C@@H](N(C)C)C[C@]56CC[C@]43O6)cc2[nH]1. The molecule has 8 atom stereocenters. The molecule has 2 saturated heterocycles. The number of ether oxygens (including phenoxy) is 1. The normalized spacial score (nSPS) is 47.6. The van der Waals surface area contributed by atoms with E-state index in [9.17, 15) is 5.11 Å². The molecule has 36 heavy (non-hydrogen) atoms. The minimum absolute atomic E-state index is 0.0356. The maximum Gasteiger partial charge on any atom is 0.145 e. The highest BCUT2D eigenvalue weighted by molar-refractivity contribution is 5.83. The maximum absolute atomic E-state index is 17.2. The second kappa shape index (κ2) is 6.97. The number of alkyl halides is 2. The van der Waals surface area contributed by atoms with E-state index in [-0.39, 0.29) is 36.6 Å². The molecule has 0 amide bonds. The lowest BCUT2D eigenvalue weighted by atomic mass is 9.51. The standard InChI is InChI=1S/C29H37F2N3O2/c1-17-32-20-7-5-18(13-21(20)33-17)19-6-8-24-25(19,2)9-10-26(30)16-27(31)15-23(35)22(34(3)4)14-28(27)11-12-29(24,26)36-28/h5-7,13,22-24,35H,8-12,14-16H2,1-4H3,(H,32,33)/t22-,23?,24?,25?,26?,27?,28+,29-/m0/s1. The number of aromatic nitrogens is 2. The third kappa shape index (κ3) is 2.67. The van der Waals surface area contributed by atoms with Gasteiger partial charge in [-0.05, 0) is 88.2 Å². The molecule has 2 aliphatic heterocycles. The molecule has 194 valence electrons. The molecule has 4 fully saturated rings. The van der Waals surface area contributed by atoms with E-state index in [4.69, 9.17) is 4.74 Å². The Morgan fingerprint density at radius 1 is 1.11 bits per heavy atom. The lowest BCUT2D eigenvalue weighted by Gasteiger charge is -2.64.